The lowest BCUT2D eigenvalue weighted by Crippen LogP contribution is -2.45. The zero-order chi connectivity index (χ0) is 15.3. The van der Waals surface area contributed by atoms with E-state index < -0.39 is 17.4 Å². The highest BCUT2D eigenvalue weighted by Crippen LogP contribution is 2.31. The first-order chi connectivity index (χ1) is 9.28. The summed E-state index contributed by atoms with van der Waals surface area (Å²) in [7, 11) is 0. The number of nitriles is 1. The SMILES string of the molecule is CC(C#N)SC[C@](C)(NC(=O)O)c1cc(Br)ccc1F. The standard InChI is InChI=1S/C13H14BrFN2O2S/c1-8(6-16)20-7-13(2,17-12(18)19)10-5-9(14)3-4-11(10)15/h3-5,8,17H,7H2,1-2H3,(H,18,19)/t8?,13-/m0/s1. The van der Waals surface area contributed by atoms with Crippen molar-refractivity contribution >= 4 is 33.8 Å². The summed E-state index contributed by atoms with van der Waals surface area (Å²) in [6.45, 7) is 3.31. The molecule has 0 bridgehead atoms. The molecule has 1 rings (SSSR count). The molecule has 7 heteroatoms. The van der Waals surface area contributed by atoms with Crippen molar-refractivity contribution in [2.75, 3.05) is 5.75 Å². The molecule has 108 valence electrons. The van der Waals surface area contributed by atoms with E-state index >= 15 is 0 Å². The minimum Gasteiger partial charge on any atom is -0.465 e. The zero-order valence-electron chi connectivity index (χ0n) is 11.0. The molecule has 1 amide bonds. The molecule has 1 aromatic rings. The molecule has 0 aromatic heterocycles. The average molecular weight is 361 g/mol. The van der Waals surface area contributed by atoms with Crippen molar-refractivity contribution < 1.29 is 14.3 Å². The molecule has 0 heterocycles. The lowest BCUT2D eigenvalue weighted by atomic mass is 9.93. The number of halogens is 2. The number of hydrogen-bond acceptors (Lipinski definition) is 3. The van der Waals surface area contributed by atoms with Crippen LogP contribution in [-0.4, -0.2) is 22.2 Å². The molecule has 0 aliphatic rings. The van der Waals surface area contributed by atoms with Gasteiger partial charge in [0.2, 0.25) is 0 Å². The summed E-state index contributed by atoms with van der Waals surface area (Å²) >= 11 is 4.51. The highest BCUT2D eigenvalue weighted by molar-refractivity contribution is 9.10. The molecule has 0 saturated carbocycles. The number of nitrogens with one attached hydrogen (secondary N) is 1. The first-order valence-corrected chi connectivity index (χ1v) is 7.60. The van der Waals surface area contributed by atoms with Gasteiger partial charge in [0.15, 0.2) is 0 Å². The number of nitrogens with zero attached hydrogens (tertiary/aromatic N) is 1. The summed E-state index contributed by atoms with van der Waals surface area (Å²) in [5.74, 6) is -0.240. The third-order valence-electron chi connectivity index (χ3n) is 2.71. The second-order valence-electron chi connectivity index (χ2n) is 4.47. The van der Waals surface area contributed by atoms with Gasteiger partial charge in [-0.3, -0.25) is 0 Å². The van der Waals surface area contributed by atoms with E-state index in [0.717, 1.165) is 0 Å². The summed E-state index contributed by atoms with van der Waals surface area (Å²) in [5, 5.41) is 19.8. The van der Waals surface area contributed by atoms with Gasteiger partial charge in [0.25, 0.3) is 0 Å². The van der Waals surface area contributed by atoms with Crippen molar-refractivity contribution in [3.63, 3.8) is 0 Å². The van der Waals surface area contributed by atoms with Gasteiger partial charge >= 0.3 is 6.09 Å². The number of carbonyl (C=O) groups is 1. The first kappa shape index (κ1) is 16.8. The monoisotopic (exact) mass is 360 g/mol. The summed E-state index contributed by atoms with van der Waals surface area (Å²) in [6.07, 6.45) is -1.24. The number of hydrogen-bond donors (Lipinski definition) is 2. The molecule has 0 aliphatic carbocycles. The molecule has 0 saturated heterocycles. The molecule has 20 heavy (non-hydrogen) atoms. The van der Waals surface area contributed by atoms with Crippen LogP contribution in [0.3, 0.4) is 0 Å². The van der Waals surface area contributed by atoms with Crippen molar-refractivity contribution in [1.29, 1.82) is 5.26 Å². The molecule has 0 aliphatic heterocycles. The molecule has 2 atom stereocenters. The maximum atomic E-state index is 14.0. The van der Waals surface area contributed by atoms with Crippen molar-refractivity contribution in [2.24, 2.45) is 0 Å². The maximum Gasteiger partial charge on any atom is 0.405 e. The average Bonchev–Trinajstić information content (AvgIpc) is 2.38. The van der Waals surface area contributed by atoms with Crippen LogP contribution < -0.4 is 5.32 Å². The van der Waals surface area contributed by atoms with Gasteiger partial charge in [0.1, 0.15) is 5.82 Å². The van der Waals surface area contributed by atoms with E-state index in [1.807, 2.05) is 0 Å². The molecule has 0 spiro atoms. The van der Waals surface area contributed by atoms with Gasteiger partial charge < -0.3 is 10.4 Å². The molecular weight excluding hydrogens is 347 g/mol. The third kappa shape index (κ3) is 4.39. The number of benzene rings is 1. The van der Waals surface area contributed by atoms with Gasteiger partial charge in [-0.1, -0.05) is 15.9 Å². The van der Waals surface area contributed by atoms with Crippen molar-refractivity contribution in [3.05, 3.63) is 34.1 Å². The van der Waals surface area contributed by atoms with Gasteiger partial charge in [-0.05, 0) is 32.0 Å². The summed E-state index contributed by atoms with van der Waals surface area (Å²) in [6, 6.07) is 6.42. The quantitative estimate of drug-likeness (QED) is 0.839. The minimum absolute atomic E-state index is 0.243. The van der Waals surface area contributed by atoms with Crippen LogP contribution in [-0.2, 0) is 5.54 Å². The number of carboxylic acid groups (broad SMARTS) is 1. The Hall–Kier alpha value is -1.26. The molecule has 1 unspecified atom stereocenters. The van der Waals surface area contributed by atoms with E-state index in [2.05, 4.69) is 27.3 Å². The van der Waals surface area contributed by atoms with Gasteiger partial charge in [0.05, 0.1) is 16.9 Å². The van der Waals surface area contributed by atoms with Crippen LogP contribution >= 0.6 is 27.7 Å². The molecule has 2 N–H and O–H groups in total. The fourth-order valence-corrected chi connectivity index (χ4v) is 2.91. The first-order valence-electron chi connectivity index (χ1n) is 5.76. The Morgan fingerprint density at radius 3 is 2.90 bits per heavy atom. The normalized spacial score (nSPS) is 14.9. The number of amides is 1. The number of rotatable bonds is 5. The van der Waals surface area contributed by atoms with E-state index in [1.165, 1.54) is 17.8 Å². The van der Waals surface area contributed by atoms with Crippen LogP contribution in [0.5, 0.6) is 0 Å². The van der Waals surface area contributed by atoms with Crippen molar-refractivity contribution in [2.45, 2.75) is 24.6 Å². The van der Waals surface area contributed by atoms with Crippen LogP contribution in [0.1, 0.15) is 19.4 Å². The van der Waals surface area contributed by atoms with Crippen LogP contribution in [0.2, 0.25) is 0 Å². The van der Waals surface area contributed by atoms with E-state index in [0.29, 0.717) is 4.47 Å². The minimum atomic E-state index is -1.24. The van der Waals surface area contributed by atoms with E-state index in [-0.39, 0.29) is 16.6 Å². The highest BCUT2D eigenvalue weighted by atomic mass is 79.9. The van der Waals surface area contributed by atoms with Crippen LogP contribution in [0.25, 0.3) is 0 Å². The molecule has 1 aromatic carbocycles. The smallest absolute Gasteiger partial charge is 0.405 e. The maximum absolute atomic E-state index is 14.0. The van der Waals surface area contributed by atoms with Gasteiger partial charge in [-0.25, -0.2) is 9.18 Å². The predicted molar refractivity (Wildman–Crippen MR) is 80.1 cm³/mol. The lowest BCUT2D eigenvalue weighted by molar-refractivity contribution is 0.182. The Labute approximate surface area is 129 Å². The zero-order valence-corrected chi connectivity index (χ0v) is 13.4. The van der Waals surface area contributed by atoms with E-state index in [9.17, 15) is 9.18 Å². The molecule has 0 fully saturated rings. The number of thioether (sulfide) groups is 1. The Bertz CT molecular complexity index is 550. The second kappa shape index (κ2) is 6.95. The van der Waals surface area contributed by atoms with Crippen LogP contribution in [0.15, 0.2) is 22.7 Å². The summed E-state index contributed by atoms with van der Waals surface area (Å²) < 4.78 is 14.7. The predicted octanol–water partition coefficient (Wildman–Crippen LogP) is 3.72. The second-order valence-corrected chi connectivity index (χ2v) is 6.71. The largest absolute Gasteiger partial charge is 0.465 e. The molecule has 0 radical (unpaired) electrons. The van der Waals surface area contributed by atoms with Gasteiger partial charge in [0, 0.05) is 15.8 Å². The topological polar surface area (TPSA) is 73.1 Å². The Balaban J connectivity index is 3.13. The van der Waals surface area contributed by atoms with Crippen LogP contribution in [0.4, 0.5) is 9.18 Å². The fraction of sp³-hybridized carbons (Fsp3) is 0.385. The third-order valence-corrected chi connectivity index (χ3v) is 4.55. The molecule has 4 nitrogen and oxygen atoms in total. The summed E-state index contributed by atoms with van der Waals surface area (Å²) in [4.78, 5) is 11.0. The fourth-order valence-electron chi connectivity index (χ4n) is 1.67. The van der Waals surface area contributed by atoms with Crippen molar-refractivity contribution in [1.82, 2.24) is 5.32 Å². The Kier molecular flexibility index (Phi) is 5.84. The lowest BCUT2D eigenvalue weighted by Gasteiger charge is -2.30. The van der Waals surface area contributed by atoms with Crippen molar-refractivity contribution in [3.8, 4) is 6.07 Å². The molecular formula is C13H14BrFN2O2S. The van der Waals surface area contributed by atoms with Crippen LogP contribution in [0, 0.1) is 17.1 Å². The highest BCUT2D eigenvalue weighted by Gasteiger charge is 2.32. The summed E-state index contributed by atoms with van der Waals surface area (Å²) in [5.41, 5.74) is -0.873. The van der Waals surface area contributed by atoms with E-state index in [1.54, 1.807) is 26.0 Å². The Morgan fingerprint density at radius 1 is 1.70 bits per heavy atom. The Morgan fingerprint density at radius 2 is 2.35 bits per heavy atom. The van der Waals surface area contributed by atoms with Gasteiger partial charge in [-0.15, -0.1) is 11.8 Å². The van der Waals surface area contributed by atoms with Gasteiger partial charge in [-0.2, -0.15) is 5.26 Å². The van der Waals surface area contributed by atoms with E-state index in [4.69, 9.17) is 10.4 Å².